The Bertz CT molecular complexity index is 848. The topological polar surface area (TPSA) is 67.9 Å². The number of amides is 2. The lowest BCUT2D eigenvalue weighted by molar-refractivity contribution is -0.117. The second kappa shape index (κ2) is 7.70. The van der Waals surface area contributed by atoms with Gasteiger partial charge in [0.1, 0.15) is 13.2 Å². The number of fused-ring (bicyclic) bond motifs is 1. The largest absolute Gasteiger partial charge is 0.486 e. The zero-order chi connectivity index (χ0) is 18.6. The Morgan fingerprint density at radius 3 is 2.56 bits per heavy atom. The summed E-state index contributed by atoms with van der Waals surface area (Å²) in [6.07, 6.45) is 2.20. The summed E-state index contributed by atoms with van der Waals surface area (Å²) in [6, 6.07) is 13.0. The molecule has 27 heavy (non-hydrogen) atoms. The highest BCUT2D eigenvalue weighted by Crippen LogP contribution is 2.30. The van der Waals surface area contributed by atoms with Crippen LogP contribution in [-0.4, -0.2) is 38.1 Å². The molecule has 6 heteroatoms. The first-order chi connectivity index (χ1) is 13.2. The van der Waals surface area contributed by atoms with E-state index >= 15 is 0 Å². The van der Waals surface area contributed by atoms with Gasteiger partial charge in [-0.15, -0.1) is 0 Å². The molecule has 0 unspecified atom stereocenters. The normalized spacial score (nSPS) is 15.7. The number of benzene rings is 2. The fourth-order valence-electron chi connectivity index (χ4n) is 3.38. The van der Waals surface area contributed by atoms with Gasteiger partial charge in [-0.05, 0) is 54.8 Å². The van der Waals surface area contributed by atoms with Gasteiger partial charge in [-0.1, -0.05) is 6.07 Å². The van der Waals surface area contributed by atoms with Gasteiger partial charge in [0, 0.05) is 30.8 Å². The van der Waals surface area contributed by atoms with Crippen LogP contribution in [0.25, 0.3) is 0 Å². The van der Waals surface area contributed by atoms with Gasteiger partial charge in [-0.25, -0.2) is 0 Å². The molecular formula is C21H22N2O4. The maximum absolute atomic E-state index is 12.3. The molecule has 1 saturated heterocycles. The first-order valence-electron chi connectivity index (χ1n) is 9.28. The summed E-state index contributed by atoms with van der Waals surface area (Å²) < 4.78 is 11.1. The Balaban J connectivity index is 1.31. The Morgan fingerprint density at radius 1 is 1.04 bits per heavy atom. The number of nitrogens with one attached hydrogen (secondary N) is 1. The lowest BCUT2D eigenvalue weighted by atomic mass is 10.1. The van der Waals surface area contributed by atoms with Crippen LogP contribution in [0.15, 0.2) is 42.5 Å². The molecule has 0 aromatic heterocycles. The highest BCUT2D eigenvalue weighted by molar-refractivity contribution is 5.97. The molecule has 2 amide bonds. The molecule has 6 nitrogen and oxygen atoms in total. The van der Waals surface area contributed by atoms with Crippen LogP contribution in [0.1, 0.15) is 28.8 Å². The van der Waals surface area contributed by atoms with E-state index in [0.717, 1.165) is 35.7 Å². The second-order valence-corrected chi connectivity index (χ2v) is 6.68. The number of ether oxygens (including phenoxy) is 2. The maximum atomic E-state index is 12.3. The number of rotatable bonds is 5. The summed E-state index contributed by atoms with van der Waals surface area (Å²) in [5.74, 6) is 1.56. The lowest BCUT2D eigenvalue weighted by Gasteiger charge is -2.19. The molecule has 0 atom stereocenters. The van der Waals surface area contributed by atoms with E-state index in [2.05, 4.69) is 5.32 Å². The first-order valence-corrected chi connectivity index (χ1v) is 9.28. The van der Waals surface area contributed by atoms with E-state index < -0.39 is 0 Å². The number of carbonyl (C=O) groups is 2. The summed E-state index contributed by atoms with van der Waals surface area (Å²) in [5, 5.41) is 2.93. The van der Waals surface area contributed by atoms with Crippen molar-refractivity contribution >= 4 is 17.5 Å². The quantitative estimate of drug-likeness (QED) is 0.883. The summed E-state index contributed by atoms with van der Waals surface area (Å²) in [4.78, 5) is 25.9. The molecular weight excluding hydrogens is 344 g/mol. The van der Waals surface area contributed by atoms with Crippen molar-refractivity contribution < 1.29 is 19.1 Å². The number of carbonyl (C=O) groups excluding carboxylic acids is 2. The van der Waals surface area contributed by atoms with Gasteiger partial charge in [0.15, 0.2) is 11.5 Å². The zero-order valence-electron chi connectivity index (χ0n) is 15.1. The third-order valence-corrected chi connectivity index (χ3v) is 4.82. The van der Waals surface area contributed by atoms with Crippen LogP contribution in [-0.2, 0) is 11.2 Å². The van der Waals surface area contributed by atoms with Crippen molar-refractivity contribution in [3.8, 4) is 11.5 Å². The average Bonchev–Trinajstić information content (AvgIpc) is 3.14. The Labute approximate surface area is 158 Å². The zero-order valence-corrected chi connectivity index (χ0v) is 15.1. The molecule has 2 aliphatic rings. The molecule has 140 valence electrons. The lowest BCUT2D eigenvalue weighted by Crippen LogP contribution is -2.26. The number of hydrogen-bond donors (Lipinski definition) is 1. The highest BCUT2D eigenvalue weighted by Gasteiger charge is 2.21. The summed E-state index contributed by atoms with van der Waals surface area (Å²) in [7, 11) is 0. The van der Waals surface area contributed by atoms with Gasteiger partial charge in [0.05, 0.1) is 0 Å². The molecule has 2 aromatic carbocycles. The van der Waals surface area contributed by atoms with E-state index in [1.165, 1.54) is 0 Å². The van der Waals surface area contributed by atoms with Crippen molar-refractivity contribution in [1.82, 2.24) is 5.32 Å². The summed E-state index contributed by atoms with van der Waals surface area (Å²) in [5.41, 5.74) is 2.53. The third kappa shape index (κ3) is 3.89. The molecule has 2 aromatic rings. The van der Waals surface area contributed by atoms with Gasteiger partial charge >= 0.3 is 0 Å². The highest BCUT2D eigenvalue weighted by atomic mass is 16.6. The smallest absolute Gasteiger partial charge is 0.251 e. The third-order valence-electron chi connectivity index (χ3n) is 4.82. The fourth-order valence-corrected chi connectivity index (χ4v) is 3.38. The van der Waals surface area contributed by atoms with Crippen molar-refractivity contribution in [3.63, 3.8) is 0 Å². The summed E-state index contributed by atoms with van der Waals surface area (Å²) in [6.45, 7) is 2.42. The van der Waals surface area contributed by atoms with E-state index in [9.17, 15) is 9.59 Å². The van der Waals surface area contributed by atoms with Crippen LogP contribution < -0.4 is 19.7 Å². The molecule has 4 rings (SSSR count). The van der Waals surface area contributed by atoms with Gasteiger partial charge in [0.25, 0.3) is 5.91 Å². The van der Waals surface area contributed by atoms with Gasteiger partial charge < -0.3 is 19.7 Å². The number of hydrogen-bond acceptors (Lipinski definition) is 4. The van der Waals surface area contributed by atoms with Crippen LogP contribution in [0.2, 0.25) is 0 Å². The van der Waals surface area contributed by atoms with Crippen LogP contribution in [0, 0.1) is 0 Å². The fraction of sp³-hybridized carbons (Fsp3) is 0.333. The minimum absolute atomic E-state index is 0.119. The predicted molar refractivity (Wildman–Crippen MR) is 101 cm³/mol. The SMILES string of the molecule is O=C(NCCc1ccc2c(c1)OCCO2)c1ccc(N2CCCC2=O)cc1. The minimum Gasteiger partial charge on any atom is -0.486 e. The van der Waals surface area contributed by atoms with Crippen molar-refractivity contribution in [3.05, 3.63) is 53.6 Å². The average molecular weight is 366 g/mol. The molecule has 0 spiro atoms. The van der Waals surface area contributed by atoms with Crippen LogP contribution in [0.4, 0.5) is 5.69 Å². The Hall–Kier alpha value is -3.02. The van der Waals surface area contributed by atoms with Crippen molar-refractivity contribution in [1.29, 1.82) is 0 Å². The van der Waals surface area contributed by atoms with Crippen molar-refractivity contribution in [2.75, 3.05) is 31.2 Å². The van der Waals surface area contributed by atoms with Gasteiger partial charge in [-0.3, -0.25) is 9.59 Å². The Morgan fingerprint density at radius 2 is 1.81 bits per heavy atom. The van der Waals surface area contributed by atoms with Crippen LogP contribution in [0.3, 0.4) is 0 Å². The number of anilines is 1. The molecule has 2 heterocycles. The summed E-state index contributed by atoms with van der Waals surface area (Å²) >= 11 is 0. The predicted octanol–water partition coefficient (Wildman–Crippen LogP) is 2.56. The second-order valence-electron chi connectivity index (χ2n) is 6.68. The molecule has 0 radical (unpaired) electrons. The van der Waals surface area contributed by atoms with Crippen LogP contribution >= 0.6 is 0 Å². The van der Waals surface area contributed by atoms with Gasteiger partial charge in [-0.2, -0.15) is 0 Å². The molecule has 0 saturated carbocycles. The van der Waals surface area contributed by atoms with E-state index in [1.54, 1.807) is 17.0 Å². The molecule has 1 fully saturated rings. The van der Waals surface area contributed by atoms with E-state index in [-0.39, 0.29) is 11.8 Å². The monoisotopic (exact) mass is 366 g/mol. The first kappa shape index (κ1) is 17.4. The van der Waals surface area contributed by atoms with Gasteiger partial charge in [0.2, 0.25) is 5.91 Å². The minimum atomic E-state index is -0.119. The molecule has 0 aliphatic carbocycles. The van der Waals surface area contributed by atoms with Crippen LogP contribution in [0.5, 0.6) is 11.5 Å². The van der Waals surface area contributed by atoms with Crippen molar-refractivity contribution in [2.24, 2.45) is 0 Å². The standard InChI is InChI=1S/C21H22N2O4/c24-20-2-1-11-23(20)17-6-4-16(5-7-17)21(25)22-10-9-15-3-8-18-19(14-15)27-13-12-26-18/h3-8,14H,1-2,9-13H2,(H,22,25). The molecule has 1 N–H and O–H groups in total. The number of nitrogens with zero attached hydrogens (tertiary/aromatic N) is 1. The molecule has 0 bridgehead atoms. The van der Waals surface area contributed by atoms with Crippen molar-refractivity contribution in [2.45, 2.75) is 19.3 Å². The Kier molecular flexibility index (Phi) is 4.96. The van der Waals surface area contributed by atoms with E-state index in [1.807, 2.05) is 30.3 Å². The van der Waals surface area contributed by atoms with E-state index in [4.69, 9.17) is 9.47 Å². The van der Waals surface area contributed by atoms with E-state index in [0.29, 0.717) is 38.2 Å². The molecule has 2 aliphatic heterocycles. The maximum Gasteiger partial charge on any atom is 0.251 e.